The topological polar surface area (TPSA) is 0 Å². The normalized spacial score (nSPS) is 6.92. The van der Waals surface area contributed by atoms with E-state index in [2.05, 4.69) is 33.4 Å². The fourth-order valence-electron chi connectivity index (χ4n) is 0.612. The van der Waals surface area contributed by atoms with Crippen LogP contribution in [-0.2, 0) is 0 Å². The van der Waals surface area contributed by atoms with Crippen LogP contribution in [-0.4, -0.2) is 6.26 Å². The van der Waals surface area contributed by atoms with Crippen molar-refractivity contribution in [3.63, 3.8) is 0 Å². The first-order chi connectivity index (χ1) is 6.27. The number of hydrogen-bond donors (Lipinski definition) is 1. The molecule has 0 aliphatic heterocycles. The van der Waals surface area contributed by atoms with Gasteiger partial charge in [-0.25, -0.2) is 0 Å². The number of rotatable bonds is 3. The van der Waals surface area contributed by atoms with Crippen LogP contribution >= 0.6 is 12.6 Å². The van der Waals surface area contributed by atoms with Crippen molar-refractivity contribution >= 4 is 12.6 Å². The molecule has 13 heavy (non-hydrogen) atoms. The highest BCUT2D eigenvalue weighted by Crippen LogP contribution is 2.04. The van der Waals surface area contributed by atoms with Crippen LogP contribution in [0, 0.1) is 5.92 Å². The van der Waals surface area contributed by atoms with Crippen molar-refractivity contribution in [3.8, 4) is 0 Å². The van der Waals surface area contributed by atoms with E-state index in [9.17, 15) is 0 Å². The second-order valence-electron chi connectivity index (χ2n) is 2.54. The van der Waals surface area contributed by atoms with Crippen LogP contribution in [0.5, 0.6) is 0 Å². The summed E-state index contributed by atoms with van der Waals surface area (Å²) in [5, 5.41) is 0. The van der Waals surface area contributed by atoms with E-state index in [1.807, 2.05) is 27.7 Å². The molecule has 0 nitrogen and oxygen atoms in total. The lowest BCUT2D eigenvalue weighted by Gasteiger charge is -1.98. The zero-order valence-corrected chi connectivity index (χ0v) is 12.0. The van der Waals surface area contributed by atoms with Crippen molar-refractivity contribution in [1.29, 1.82) is 0 Å². The summed E-state index contributed by atoms with van der Waals surface area (Å²) in [6.07, 6.45) is 5.84. The van der Waals surface area contributed by atoms with E-state index < -0.39 is 0 Å². The van der Waals surface area contributed by atoms with Crippen molar-refractivity contribution in [3.05, 3.63) is 0 Å². The largest absolute Gasteiger partial charge is 0.183 e. The molecule has 0 atom stereocenters. The van der Waals surface area contributed by atoms with Gasteiger partial charge in [-0.15, -0.1) is 0 Å². The lowest BCUT2D eigenvalue weighted by atomic mass is 10.1. The van der Waals surface area contributed by atoms with Gasteiger partial charge >= 0.3 is 0 Å². The molecule has 0 aromatic heterocycles. The van der Waals surface area contributed by atoms with Crippen LogP contribution in [0.4, 0.5) is 0 Å². The average molecular weight is 208 g/mol. The van der Waals surface area contributed by atoms with Crippen LogP contribution in [0.25, 0.3) is 0 Å². The molecule has 1 heteroatoms. The molecule has 0 spiro atoms. The summed E-state index contributed by atoms with van der Waals surface area (Å²) in [6, 6.07) is 0. The van der Waals surface area contributed by atoms with Crippen molar-refractivity contribution in [2.75, 3.05) is 6.26 Å². The summed E-state index contributed by atoms with van der Waals surface area (Å²) in [7, 11) is 0. The van der Waals surface area contributed by atoms with E-state index in [0.717, 1.165) is 5.92 Å². The van der Waals surface area contributed by atoms with Gasteiger partial charge in [0.15, 0.2) is 0 Å². The second-order valence-corrected chi connectivity index (χ2v) is 2.54. The minimum atomic E-state index is 0.903. The molecular weight excluding hydrogens is 176 g/mol. The van der Waals surface area contributed by atoms with E-state index in [-0.39, 0.29) is 0 Å². The van der Waals surface area contributed by atoms with E-state index >= 15 is 0 Å². The Morgan fingerprint density at radius 2 is 1.23 bits per heavy atom. The van der Waals surface area contributed by atoms with Crippen LogP contribution in [0.3, 0.4) is 0 Å². The maximum absolute atomic E-state index is 3.53. The standard InChI is InChI=1S/C7H16.2C2H6.CH4S/c1-4-5-6-7(2)3;3*1-2/h7H,4-6H2,1-3H3;2*1-2H3;2H,1H3. The molecule has 0 saturated carbocycles. The smallest absolute Gasteiger partial charge is 0.0215 e. The van der Waals surface area contributed by atoms with Gasteiger partial charge in [0.25, 0.3) is 0 Å². The Labute approximate surface area is 92.9 Å². The molecular formula is C12H32S. The van der Waals surface area contributed by atoms with Gasteiger partial charge in [0.1, 0.15) is 0 Å². The lowest BCUT2D eigenvalue weighted by Crippen LogP contribution is -1.83. The summed E-state index contributed by atoms with van der Waals surface area (Å²) in [6.45, 7) is 14.8. The molecule has 0 aliphatic carbocycles. The van der Waals surface area contributed by atoms with Crippen molar-refractivity contribution in [2.45, 2.75) is 67.7 Å². The van der Waals surface area contributed by atoms with Gasteiger partial charge in [-0.05, 0) is 12.2 Å². The number of thiol groups is 1. The first-order valence-electron chi connectivity index (χ1n) is 5.72. The van der Waals surface area contributed by atoms with Gasteiger partial charge in [0.2, 0.25) is 0 Å². The first kappa shape index (κ1) is 23.3. The Kier molecular flexibility index (Phi) is 70.7. The predicted molar refractivity (Wildman–Crippen MR) is 72.0 cm³/mol. The van der Waals surface area contributed by atoms with Crippen LogP contribution in [0.2, 0.25) is 0 Å². The third-order valence-corrected chi connectivity index (χ3v) is 1.14. The Bertz CT molecular complexity index is 34.1. The Morgan fingerprint density at radius 3 is 1.31 bits per heavy atom. The zero-order chi connectivity index (χ0) is 11.7. The Hall–Kier alpha value is 0.350. The first-order valence-corrected chi connectivity index (χ1v) is 6.61. The van der Waals surface area contributed by atoms with Crippen LogP contribution in [0.15, 0.2) is 0 Å². The van der Waals surface area contributed by atoms with Gasteiger partial charge < -0.3 is 0 Å². The van der Waals surface area contributed by atoms with Crippen molar-refractivity contribution in [1.82, 2.24) is 0 Å². The summed E-state index contributed by atoms with van der Waals surface area (Å²) in [5.74, 6) is 0.903. The Morgan fingerprint density at radius 1 is 0.923 bits per heavy atom. The molecule has 0 saturated heterocycles. The van der Waals surface area contributed by atoms with Crippen LogP contribution < -0.4 is 0 Å². The average Bonchev–Trinajstić information content (AvgIpc) is 2.24. The monoisotopic (exact) mass is 208 g/mol. The quantitative estimate of drug-likeness (QED) is 0.587. The molecule has 86 valence electrons. The molecule has 0 bridgehead atoms. The van der Waals surface area contributed by atoms with Crippen molar-refractivity contribution in [2.24, 2.45) is 5.92 Å². The van der Waals surface area contributed by atoms with Gasteiger partial charge in [0, 0.05) is 0 Å². The van der Waals surface area contributed by atoms with Gasteiger partial charge in [-0.1, -0.05) is 67.7 Å². The fourth-order valence-corrected chi connectivity index (χ4v) is 0.612. The molecule has 0 aromatic rings. The van der Waals surface area contributed by atoms with Crippen molar-refractivity contribution < 1.29 is 0 Å². The van der Waals surface area contributed by atoms with Gasteiger partial charge in [-0.2, -0.15) is 12.6 Å². The molecule has 0 fully saturated rings. The highest BCUT2D eigenvalue weighted by atomic mass is 32.1. The number of unbranched alkanes of at least 4 members (excludes halogenated alkanes) is 1. The minimum Gasteiger partial charge on any atom is -0.183 e. The lowest BCUT2D eigenvalue weighted by molar-refractivity contribution is 0.550. The zero-order valence-electron chi connectivity index (χ0n) is 11.1. The summed E-state index contributed by atoms with van der Waals surface area (Å²) < 4.78 is 0. The maximum Gasteiger partial charge on any atom is -0.0215 e. The molecule has 0 N–H and O–H groups in total. The van der Waals surface area contributed by atoms with Gasteiger partial charge in [-0.3, -0.25) is 0 Å². The minimum absolute atomic E-state index is 0.903. The third kappa shape index (κ3) is 69.9. The third-order valence-electron chi connectivity index (χ3n) is 1.14. The highest BCUT2D eigenvalue weighted by molar-refractivity contribution is 7.79. The maximum atomic E-state index is 3.53. The molecule has 0 unspecified atom stereocenters. The predicted octanol–water partition coefficient (Wildman–Crippen LogP) is 5.43. The fraction of sp³-hybridized carbons (Fsp3) is 1.00. The highest BCUT2D eigenvalue weighted by Gasteiger charge is 1.88. The van der Waals surface area contributed by atoms with Crippen LogP contribution in [0.1, 0.15) is 67.7 Å². The summed E-state index contributed by atoms with van der Waals surface area (Å²) in [4.78, 5) is 0. The van der Waals surface area contributed by atoms with E-state index in [0.29, 0.717) is 0 Å². The van der Waals surface area contributed by atoms with E-state index in [1.54, 1.807) is 6.26 Å². The molecule has 0 amide bonds. The summed E-state index contributed by atoms with van der Waals surface area (Å²) >= 11 is 3.53. The number of hydrogen-bond acceptors (Lipinski definition) is 1. The Balaban J connectivity index is -0.0000000573. The molecule has 0 rings (SSSR count). The SMILES string of the molecule is CC.CC.CCCCC(C)C.CS. The molecule has 0 aromatic carbocycles. The summed E-state index contributed by atoms with van der Waals surface area (Å²) in [5.41, 5.74) is 0. The molecule has 0 radical (unpaired) electrons. The van der Waals surface area contributed by atoms with Gasteiger partial charge in [0.05, 0.1) is 0 Å². The molecule has 0 heterocycles. The van der Waals surface area contributed by atoms with E-state index in [4.69, 9.17) is 0 Å². The second kappa shape index (κ2) is 39.5. The van der Waals surface area contributed by atoms with E-state index in [1.165, 1.54) is 19.3 Å². The molecule has 0 aliphatic rings.